The molecule has 0 aliphatic carbocycles. The molecule has 0 saturated carbocycles. The molecule has 0 saturated heterocycles. The number of imidazole rings is 1. The SMILES string of the molecule is CCCS(=O)(=O)Nc1ccc(F)c(Nc2ncccc2-c2ncnc3nc[nH]c23)c1. The minimum atomic E-state index is -3.50. The smallest absolute Gasteiger partial charge is 0.232 e. The van der Waals surface area contributed by atoms with Crippen LogP contribution in [0, 0.1) is 5.82 Å². The van der Waals surface area contributed by atoms with Gasteiger partial charge >= 0.3 is 0 Å². The molecular weight excluding hydrogens is 409 g/mol. The fraction of sp³-hybridized carbons (Fsp3) is 0.158. The van der Waals surface area contributed by atoms with E-state index in [9.17, 15) is 12.8 Å². The van der Waals surface area contributed by atoms with Gasteiger partial charge in [-0.25, -0.2) is 32.7 Å². The average molecular weight is 427 g/mol. The number of aromatic amines is 1. The van der Waals surface area contributed by atoms with Crippen LogP contribution in [0.5, 0.6) is 0 Å². The second kappa shape index (κ2) is 8.03. The number of pyridine rings is 1. The highest BCUT2D eigenvalue weighted by Crippen LogP contribution is 2.31. The number of aromatic nitrogens is 5. The van der Waals surface area contributed by atoms with E-state index in [1.807, 2.05) is 0 Å². The van der Waals surface area contributed by atoms with Gasteiger partial charge in [0, 0.05) is 11.8 Å². The Morgan fingerprint density at radius 3 is 2.83 bits per heavy atom. The highest BCUT2D eigenvalue weighted by atomic mass is 32.2. The van der Waals surface area contributed by atoms with Crippen molar-refractivity contribution in [3.05, 3.63) is 55.0 Å². The number of anilines is 3. The summed E-state index contributed by atoms with van der Waals surface area (Å²) in [4.78, 5) is 19.8. The first-order chi connectivity index (χ1) is 14.5. The molecule has 0 fully saturated rings. The normalized spacial score (nSPS) is 11.5. The first-order valence-electron chi connectivity index (χ1n) is 9.13. The molecule has 1 aromatic carbocycles. The van der Waals surface area contributed by atoms with E-state index < -0.39 is 15.8 Å². The lowest BCUT2D eigenvalue weighted by molar-refractivity contribution is 0.599. The van der Waals surface area contributed by atoms with Crippen LogP contribution >= 0.6 is 0 Å². The molecule has 154 valence electrons. The highest BCUT2D eigenvalue weighted by Gasteiger charge is 2.16. The zero-order valence-electron chi connectivity index (χ0n) is 15.9. The van der Waals surface area contributed by atoms with Gasteiger partial charge in [-0.05, 0) is 36.8 Å². The second-order valence-electron chi connectivity index (χ2n) is 6.46. The van der Waals surface area contributed by atoms with Crippen molar-refractivity contribution in [2.45, 2.75) is 13.3 Å². The van der Waals surface area contributed by atoms with Crippen LogP contribution in [0.3, 0.4) is 0 Å². The molecule has 9 nitrogen and oxygen atoms in total. The number of nitrogens with zero attached hydrogens (tertiary/aromatic N) is 4. The van der Waals surface area contributed by atoms with E-state index in [1.54, 1.807) is 25.3 Å². The molecular formula is C19H18FN7O2S. The molecule has 0 aliphatic rings. The fourth-order valence-corrected chi connectivity index (χ4v) is 4.10. The number of nitrogens with one attached hydrogen (secondary N) is 3. The van der Waals surface area contributed by atoms with Crippen LogP contribution in [-0.2, 0) is 10.0 Å². The number of H-pyrrole nitrogens is 1. The summed E-state index contributed by atoms with van der Waals surface area (Å²) in [6.45, 7) is 1.77. The van der Waals surface area contributed by atoms with E-state index in [0.717, 1.165) is 0 Å². The summed E-state index contributed by atoms with van der Waals surface area (Å²) in [6.07, 6.45) is 4.93. The molecule has 3 aromatic heterocycles. The number of halogens is 1. The lowest BCUT2D eigenvalue weighted by Gasteiger charge is -2.13. The average Bonchev–Trinajstić information content (AvgIpc) is 3.20. The Labute approximate surface area is 171 Å². The third-order valence-electron chi connectivity index (χ3n) is 4.25. The standard InChI is InChI=1S/C19H18FN7O2S/c1-2-8-30(28,29)27-12-5-6-14(20)15(9-12)26-18-13(4-3-7-21-18)16-17-19(24-10-22-16)25-11-23-17/h3-7,9-11,27H,2,8H2,1H3,(H,21,26)(H,22,23,24,25). The zero-order valence-corrected chi connectivity index (χ0v) is 16.7. The van der Waals surface area contributed by atoms with Crippen molar-refractivity contribution >= 4 is 38.4 Å². The van der Waals surface area contributed by atoms with Crippen molar-refractivity contribution in [3.8, 4) is 11.3 Å². The fourth-order valence-electron chi connectivity index (χ4n) is 2.98. The number of hydrogen-bond acceptors (Lipinski definition) is 7. The van der Waals surface area contributed by atoms with E-state index in [2.05, 4.69) is 35.0 Å². The van der Waals surface area contributed by atoms with Crippen molar-refractivity contribution in [3.63, 3.8) is 0 Å². The summed E-state index contributed by atoms with van der Waals surface area (Å²) < 4.78 is 41.0. The lowest BCUT2D eigenvalue weighted by atomic mass is 10.1. The lowest BCUT2D eigenvalue weighted by Crippen LogP contribution is -2.16. The van der Waals surface area contributed by atoms with E-state index in [-0.39, 0.29) is 17.1 Å². The molecule has 4 aromatic rings. The summed E-state index contributed by atoms with van der Waals surface area (Å²) in [5, 5.41) is 2.94. The van der Waals surface area contributed by atoms with Gasteiger partial charge in [-0.1, -0.05) is 6.92 Å². The molecule has 0 unspecified atom stereocenters. The van der Waals surface area contributed by atoms with Crippen molar-refractivity contribution in [1.29, 1.82) is 0 Å². The number of benzene rings is 1. The first kappa shape index (κ1) is 19.7. The molecule has 30 heavy (non-hydrogen) atoms. The number of hydrogen-bond donors (Lipinski definition) is 3. The third kappa shape index (κ3) is 4.06. The molecule has 3 heterocycles. The Morgan fingerprint density at radius 1 is 1.13 bits per heavy atom. The van der Waals surface area contributed by atoms with Crippen molar-refractivity contribution in [1.82, 2.24) is 24.9 Å². The molecule has 0 bridgehead atoms. The van der Waals surface area contributed by atoms with Gasteiger partial charge in [-0.15, -0.1) is 0 Å². The summed E-state index contributed by atoms with van der Waals surface area (Å²) in [7, 11) is -3.50. The predicted octanol–water partition coefficient (Wildman–Crippen LogP) is 3.45. The van der Waals surface area contributed by atoms with E-state index in [4.69, 9.17) is 0 Å². The number of rotatable bonds is 7. The van der Waals surface area contributed by atoms with Crippen molar-refractivity contribution in [2.75, 3.05) is 15.8 Å². The van der Waals surface area contributed by atoms with Gasteiger partial charge in [0.05, 0.1) is 23.5 Å². The maximum Gasteiger partial charge on any atom is 0.232 e. The van der Waals surface area contributed by atoms with Crippen LogP contribution in [0.1, 0.15) is 13.3 Å². The third-order valence-corrected chi connectivity index (χ3v) is 5.74. The van der Waals surface area contributed by atoms with Crippen molar-refractivity contribution < 1.29 is 12.8 Å². The number of fused-ring (bicyclic) bond motifs is 1. The monoisotopic (exact) mass is 427 g/mol. The van der Waals surface area contributed by atoms with Crippen LogP contribution in [0.4, 0.5) is 21.6 Å². The van der Waals surface area contributed by atoms with Gasteiger partial charge in [-0.2, -0.15) is 0 Å². The minimum Gasteiger partial charge on any atom is -0.341 e. The van der Waals surface area contributed by atoms with Crippen molar-refractivity contribution in [2.24, 2.45) is 0 Å². The Balaban J connectivity index is 1.71. The molecule has 0 radical (unpaired) electrons. The maximum atomic E-state index is 14.5. The number of sulfonamides is 1. The summed E-state index contributed by atoms with van der Waals surface area (Å²) in [5.41, 5.74) is 2.59. The summed E-state index contributed by atoms with van der Waals surface area (Å²) >= 11 is 0. The molecule has 0 aliphatic heterocycles. The summed E-state index contributed by atoms with van der Waals surface area (Å²) in [5.74, 6) is -0.232. The topological polar surface area (TPSA) is 126 Å². The van der Waals surface area contributed by atoms with Crippen LogP contribution in [0.15, 0.2) is 49.2 Å². The maximum absolute atomic E-state index is 14.5. The van der Waals surface area contributed by atoms with Gasteiger partial charge in [0.25, 0.3) is 0 Å². The van der Waals surface area contributed by atoms with Crippen LogP contribution in [0.2, 0.25) is 0 Å². The van der Waals surface area contributed by atoms with E-state index >= 15 is 0 Å². The Morgan fingerprint density at radius 2 is 2.00 bits per heavy atom. The van der Waals surface area contributed by atoms with Gasteiger partial charge in [0.15, 0.2) is 5.65 Å². The molecule has 11 heteroatoms. The van der Waals surface area contributed by atoms with Gasteiger partial charge in [0.1, 0.15) is 29.2 Å². The van der Waals surface area contributed by atoms with Gasteiger partial charge in [0.2, 0.25) is 10.0 Å². The Hall–Kier alpha value is -3.60. The van der Waals surface area contributed by atoms with Gasteiger partial charge in [-0.3, -0.25) is 4.72 Å². The first-order valence-corrected chi connectivity index (χ1v) is 10.8. The summed E-state index contributed by atoms with van der Waals surface area (Å²) in [6, 6.07) is 7.45. The van der Waals surface area contributed by atoms with Gasteiger partial charge < -0.3 is 10.3 Å². The van der Waals surface area contributed by atoms with E-state index in [0.29, 0.717) is 34.7 Å². The minimum absolute atomic E-state index is 0.0224. The second-order valence-corrected chi connectivity index (χ2v) is 8.31. The Bertz CT molecular complexity index is 1310. The predicted molar refractivity (Wildman–Crippen MR) is 112 cm³/mol. The quantitative estimate of drug-likeness (QED) is 0.412. The Kier molecular flexibility index (Phi) is 5.27. The highest BCUT2D eigenvalue weighted by molar-refractivity contribution is 7.92. The molecule has 0 atom stereocenters. The van der Waals surface area contributed by atoms with Crippen LogP contribution < -0.4 is 10.0 Å². The molecule has 0 spiro atoms. The van der Waals surface area contributed by atoms with Crippen LogP contribution in [-0.4, -0.2) is 39.1 Å². The van der Waals surface area contributed by atoms with Crippen LogP contribution in [0.25, 0.3) is 22.4 Å². The van der Waals surface area contributed by atoms with E-state index in [1.165, 1.54) is 30.9 Å². The molecule has 3 N–H and O–H groups in total. The largest absolute Gasteiger partial charge is 0.341 e. The molecule has 4 rings (SSSR count). The zero-order chi connectivity index (χ0) is 21.1. The molecule has 0 amide bonds.